The first-order chi connectivity index (χ1) is 18.8. The highest BCUT2D eigenvalue weighted by atomic mass is 79.9. The van der Waals surface area contributed by atoms with Gasteiger partial charge in [-0.2, -0.15) is 5.10 Å². The minimum absolute atomic E-state index is 0.0237. The molecular weight excluding hydrogens is 570 g/mol. The van der Waals surface area contributed by atoms with Gasteiger partial charge in [0.05, 0.1) is 22.8 Å². The smallest absolute Gasteiger partial charge is 0.339 e. The predicted molar refractivity (Wildman–Crippen MR) is 146 cm³/mol. The number of anilines is 1. The Labute approximate surface area is 231 Å². The molecule has 0 aliphatic carbocycles. The normalized spacial score (nSPS) is 12.3. The van der Waals surface area contributed by atoms with Crippen molar-refractivity contribution in [2.75, 3.05) is 25.1 Å². The molecule has 5 rings (SSSR count). The molecule has 39 heavy (non-hydrogen) atoms. The molecule has 1 aliphatic heterocycles. The maximum Gasteiger partial charge on any atom is 0.339 e. The van der Waals surface area contributed by atoms with E-state index < -0.39 is 24.5 Å². The largest absolute Gasteiger partial charge is 0.486 e. The van der Waals surface area contributed by atoms with Gasteiger partial charge in [0.25, 0.3) is 5.91 Å². The average Bonchev–Trinajstić information content (AvgIpc) is 3.36. The van der Waals surface area contributed by atoms with Gasteiger partial charge in [0.1, 0.15) is 13.2 Å². The Morgan fingerprint density at radius 2 is 1.79 bits per heavy atom. The number of fused-ring (bicyclic) bond motifs is 2. The molecule has 0 atom stereocenters. The van der Waals surface area contributed by atoms with Crippen LogP contribution in [0.2, 0.25) is 0 Å². The van der Waals surface area contributed by atoms with Gasteiger partial charge in [-0.3, -0.25) is 10.1 Å². The molecule has 0 saturated carbocycles. The molecule has 0 unspecified atom stereocenters. The molecular formula is C27H24BrN5O6. The van der Waals surface area contributed by atoms with Crippen LogP contribution in [0, 0.1) is 0 Å². The fourth-order valence-electron chi connectivity index (χ4n) is 3.98. The number of benzene rings is 2. The number of rotatable bonds is 6. The number of aromatic nitrogens is 3. The van der Waals surface area contributed by atoms with Crippen LogP contribution in [-0.2, 0) is 9.53 Å². The lowest BCUT2D eigenvalue weighted by molar-refractivity contribution is -0.123. The molecule has 0 spiro atoms. The highest BCUT2D eigenvalue weighted by molar-refractivity contribution is 9.10. The van der Waals surface area contributed by atoms with Crippen LogP contribution in [0.1, 0.15) is 30.2 Å². The van der Waals surface area contributed by atoms with Crippen LogP contribution in [0.4, 0.5) is 10.5 Å². The van der Waals surface area contributed by atoms with Crippen LogP contribution in [0.25, 0.3) is 22.3 Å². The van der Waals surface area contributed by atoms with Crippen molar-refractivity contribution in [3.8, 4) is 22.8 Å². The summed E-state index contributed by atoms with van der Waals surface area (Å²) >= 11 is 3.31. The van der Waals surface area contributed by atoms with Crippen molar-refractivity contribution in [3.63, 3.8) is 0 Å². The van der Waals surface area contributed by atoms with Crippen LogP contribution in [0.3, 0.4) is 0 Å². The molecule has 0 bridgehead atoms. The number of nitrogens with zero attached hydrogens (tertiary/aromatic N) is 3. The van der Waals surface area contributed by atoms with Crippen molar-refractivity contribution in [2.45, 2.75) is 19.9 Å². The van der Waals surface area contributed by atoms with Crippen molar-refractivity contribution in [3.05, 3.63) is 64.8 Å². The monoisotopic (exact) mass is 593 g/mol. The summed E-state index contributed by atoms with van der Waals surface area (Å²) in [5.74, 6) is -0.325. The standard InChI is InChI=1S/C27H24BrN5O6/c1-15(2)33-25-20(13-29-33)19(12-21(31-25)16-3-8-22-23(11-16)38-10-9-37-22)26(35)39-14-24(34)32-27(36)30-18-6-4-17(28)5-7-18/h3-8,11-13,15H,9-10,14H2,1-2H3,(H2,30,32,34,36). The minimum Gasteiger partial charge on any atom is -0.486 e. The Morgan fingerprint density at radius 3 is 2.54 bits per heavy atom. The van der Waals surface area contributed by atoms with Crippen LogP contribution in [0.5, 0.6) is 11.5 Å². The SMILES string of the molecule is CC(C)n1ncc2c(C(=O)OCC(=O)NC(=O)Nc3ccc(Br)cc3)cc(-c3ccc4c(c3)OCCO4)nc21. The topological polar surface area (TPSA) is 134 Å². The van der Waals surface area contributed by atoms with E-state index in [-0.39, 0.29) is 11.6 Å². The first-order valence-corrected chi connectivity index (χ1v) is 12.9. The van der Waals surface area contributed by atoms with Gasteiger partial charge in [-0.15, -0.1) is 0 Å². The number of hydrogen-bond acceptors (Lipinski definition) is 8. The number of esters is 1. The number of pyridine rings is 1. The summed E-state index contributed by atoms with van der Waals surface area (Å²) in [6.07, 6.45) is 1.54. The molecule has 0 saturated heterocycles. The van der Waals surface area contributed by atoms with Crippen molar-refractivity contribution in [2.24, 2.45) is 0 Å². The van der Waals surface area contributed by atoms with E-state index in [9.17, 15) is 14.4 Å². The number of carbonyl (C=O) groups is 3. The van der Waals surface area contributed by atoms with E-state index in [4.69, 9.17) is 19.2 Å². The van der Waals surface area contributed by atoms with Gasteiger partial charge in [0, 0.05) is 21.8 Å². The summed E-state index contributed by atoms with van der Waals surface area (Å²) in [6.45, 7) is 4.15. The summed E-state index contributed by atoms with van der Waals surface area (Å²) in [5, 5.41) is 9.54. The lowest BCUT2D eigenvalue weighted by Crippen LogP contribution is -2.37. The number of urea groups is 1. The van der Waals surface area contributed by atoms with Gasteiger partial charge in [0.15, 0.2) is 23.8 Å². The minimum atomic E-state index is -0.784. The van der Waals surface area contributed by atoms with Crippen LogP contribution < -0.4 is 20.1 Å². The van der Waals surface area contributed by atoms with Crippen molar-refractivity contribution >= 4 is 50.6 Å². The summed E-state index contributed by atoms with van der Waals surface area (Å²) in [6, 6.07) is 13.0. The molecule has 2 N–H and O–H groups in total. The Morgan fingerprint density at radius 1 is 1.05 bits per heavy atom. The quantitative estimate of drug-likeness (QED) is 0.307. The van der Waals surface area contributed by atoms with Gasteiger partial charge < -0.3 is 19.5 Å². The summed E-state index contributed by atoms with van der Waals surface area (Å²) in [4.78, 5) is 42.3. The molecule has 200 valence electrons. The molecule has 2 aromatic heterocycles. The number of nitrogens with one attached hydrogen (secondary N) is 2. The number of halogens is 1. The van der Waals surface area contributed by atoms with Crippen LogP contribution in [-0.4, -0.2) is 52.5 Å². The van der Waals surface area contributed by atoms with E-state index in [2.05, 4.69) is 31.7 Å². The third-order valence-corrected chi connectivity index (χ3v) is 6.33. The lowest BCUT2D eigenvalue weighted by atomic mass is 10.1. The zero-order chi connectivity index (χ0) is 27.5. The fourth-order valence-corrected chi connectivity index (χ4v) is 4.25. The second-order valence-electron chi connectivity index (χ2n) is 8.92. The first kappa shape index (κ1) is 26.2. The Bertz CT molecular complexity index is 1570. The highest BCUT2D eigenvalue weighted by Crippen LogP contribution is 2.35. The van der Waals surface area contributed by atoms with E-state index in [0.29, 0.717) is 52.7 Å². The Kier molecular flexibility index (Phi) is 7.46. The lowest BCUT2D eigenvalue weighted by Gasteiger charge is -2.19. The molecule has 12 heteroatoms. The zero-order valence-corrected chi connectivity index (χ0v) is 22.6. The molecule has 4 aromatic rings. The maximum atomic E-state index is 13.2. The Balaban J connectivity index is 1.35. The fraction of sp³-hybridized carbons (Fsp3) is 0.222. The molecule has 0 fully saturated rings. The average molecular weight is 594 g/mol. The van der Waals surface area contributed by atoms with E-state index in [0.717, 1.165) is 4.47 Å². The maximum absolute atomic E-state index is 13.2. The second-order valence-corrected chi connectivity index (χ2v) is 9.83. The molecule has 1 aliphatic rings. The second kappa shape index (κ2) is 11.1. The first-order valence-electron chi connectivity index (χ1n) is 12.1. The highest BCUT2D eigenvalue weighted by Gasteiger charge is 2.22. The molecule has 2 aromatic carbocycles. The third kappa shape index (κ3) is 5.85. The van der Waals surface area contributed by atoms with Crippen molar-refractivity contribution < 1.29 is 28.6 Å². The van der Waals surface area contributed by atoms with Crippen LogP contribution in [0.15, 0.2) is 59.2 Å². The Hall–Kier alpha value is -4.45. The van der Waals surface area contributed by atoms with Crippen molar-refractivity contribution in [1.29, 1.82) is 0 Å². The van der Waals surface area contributed by atoms with E-state index in [1.54, 1.807) is 47.1 Å². The summed E-state index contributed by atoms with van der Waals surface area (Å²) in [5.41, 5.74) is 2.36. The molecule has 3 heterocycles. The zero-order valence-electron chi connectivity index (χ0n) is 21.1. The predicted octanol–water partition coefficient (Wildman–Crippen LogP) is 4.72. The summed E-state index contributed by atoms with van der Waals surface area (Å²) in [7, 11) is 0. The van der Waals surface area contributed by atoms with E-state index >= 15 is 0 Å². The number of amides is 3. The number of hydrogen-bond donors (Lipinski definition) is 2. The molecule has 0 radical (unpaired) electrons. The van der Waals surface area contributed by atoms with Gasteiger partial charge in [-0.05, 0) is 62.4 Å². The van der Waals surface area contributed by atoms with Crippen molar-refractivity contribution in [1.82, 2.24) is 20.1 Å². The van der Waals surface area contributed by atoms with Gasteiger partial charge in [-0.25, -0.2) is 19.3 Å². The van der Waals surface area contributed by atoms with E-state index in [1.165, 1.54) is 6.20 Å². The number of carbonyl (C=O) groups excluding carboxylic acids is 3. The van der Waals surface area contributed by atoms with Gasteiger partial charge >= 0.3 is 12.0 Å². The van der Waals surface area contributed by atoms with E-state index in [1.807, 2.05) is 19.9 Å². The van der Waals surface area contributed by atoms with Crippen LogP contribution >= 0.6 is 15.9 Å². The third-order valence-electron chi connectivity index (χ3n) is 5.80. The number of ether oxygens (including phenoxy) is 3. The molecule has 11 nitrogen and oxygen atoms in total. The molecule has 3 amide bonds. The van der Waals surface area contributed by atoms with Gasteiger partial charge in [0.2, 0.25) is 0 Å². The van der Waals surface area contributed by atoms with Gasteiger partial charge in [-0.1, -0.05) is 15.9 Å². The summed E-state index contributed by atoms with van der Waals surface area (Å²) < 4.78 is 19.1. The number of imide groups is 1.